The first-order valence-electron chi connectivity index (χ1n) is 21.5. The lowest BCUT2D eigenvalue weighted by atomic mass is 9.75. The Morgan fingerprint density at radius 2 is 0.902 bits per heavy atom. The number of nitrogens with zero attached hydrogens (tertiary/aromatic N) is 2. The summed E-state index contributed by atoms with van der Waals surface area (Å²) in [6.45, 7) is 16.8. The maximum atomic E-state index is 13.7. The smallest absolute Gasteiger partial charge is 0.266 e. The molecule has 0 aromatic heterocycles. The van der Waals surface area contributed by atoms with Crippen LogP contribution < -0.4 is 14.4 Å². The van der Waals surface area contributed by atoms with Crippen LogP contribution in [-0.4, -0.2) is 34.1 Å². The first kappa shape index (κ1) is 42.8. The molecule has 2 aliphatic heterocycles. The van der Waals surface area contributed by atoms with E-state index in [4.69, 9.17) is 9.47 Å². The van der Waals surface area contributed by atoms with Crippen LogP contribution in [0.2, 0.25) is 0 Å². The summed E-state index contributed by atoms with van der Waals surface area (Å²) in [5.41, 5.74) is 4.30. The van der Waals surface area contributed by atoms with Crippen LogP contribution in [0.3, 0.4) is 0 Å². The summed E-state index contributed by atoms with van der Waals surface area (Å²) in [6.07, 6.45) is 9.63. The average molecular weight is 817 g/mol. The molecular weight excluding hydrogens is 761 g/mol. The van der Waals surface area contributed by atoms with Crippen LogP contribution in [0.4, 0.5) is 5.69 Å². The third-order valence-electron chi connectivity index (χ3n) is 12.6. The van der Waals surface area contributed by atoms with Crippen LogP contribution in [0.1, 0.15) is 152 Å². The lowest BCUT2D eigenvalue weighted by Crippen LogP contribution is -2.48. The van der Waals surface area contributed by atoms with E-state index >= 15 is 0 Å². The van der Waals surface area contributed by atoms with E-state index < -0.39 is 5.54 Å². The standard InChI is InChI=1S/C53H56N2O6/c1-9-29-52(7,30-10-2)37-13-19-38(20-14-37)54-47(56)43-27-25-41(33-45(43)48(54)57)60-39-21-15-35(16-22-39)51(5,6)36-17-23-40(24-18-36)61-42-26-28-44-46(34-42)50(59)55(49(44)58)53(8,31-11-3)32-12-4/h11,13-28,31,33-34H,9-10,12,29-30,32H2,1-8H3. The number of benzene rings is 5. The monoisotopic (exact) mass is 816 g/mol. The molecular formula is C53H56N2O6. The molecule has 2 heterocycles. The molecule has 1 atom stereocenters. The van der Waals surface area contributed by atoms with Crippen molar-refractivity contribution in [3.8, 4) is 23.0 Å². The number of amides is 4. The van der Waals surface area contributed by atoms with E-state index in [1.165, 1.54) is 15.4 Å². The van der Waals surface area contributed by atoms with Gasteiger partial charge in [0.05, 0.1) is 33.5 Å². The molecule has 0 saturated carbocycles. The van der Waals surface area contributed by atoms with Gasteiger partial charge in [0.25, 0.3) is 23.6 Å². The van der Waals surface area contributed by atoms with Crippen molar-refractivity contribution in [3.63, 3.8) is 0 Å². The van der Waals surface area contributed by atoms with Gasteiger partial charge in [0.15, 0.2) is 0 Å². The Morgan fingerprint density at radius 1 is 0.492 bits per heavy atom. The number of hydrogen-bond acceptors (Lipinski definition) is 6. The number of hydrogen-bond donors (Lipinski definition) is 0. The SMILES string of the molecule is CC=CC(C)(CCC)N1C(=O)c2ccc(Oc3ccc(C(C)(C)c4ccc(Oc5ccc6c(c5)C(=O)N(c5ccc(C(C)(CCC)CCC)cc5)C6=O)cc4)cc3)cc2C1=O. The van der Waals surface area contributed by atoms with Crippen LogP contribution in [0, 0.1) is 0 Å². The first-order valence-corrected chi connectivity index (χ1v) is 21.5. The van der Waals surface area contributed by atoms with E-state index in [2.05, 4.69) is 46.8 Å². The molecule has 8 heteroatoms. The molecule has 5 aromatic rings. The molecule has 5 aromatic carbocycles. The van der Waals surface area contributed by atoms with Crippen molar-refractivity contribution in [2.45, 2.75) is 110 Å². The predicted octanol–water partition coefficient (Wildman–Crippen LogP) is 13.0. The Morgan fingerprint density at radius 3 is 1.38 bits per heavy atom. The number of carbonyl (C=O) groups is 4. The van der Waals surface area contributed by atoms with Crippen molar-refractivity contribution in [2.24, 2.45) is 0 Å². The quantitative estimate of drug-likeness (QED) is 0.0727. The molecule has 0 radical (unpaired) electrons. The van der Waals surface area contributed by atoms with E-state index in [1.54, 1.807) is 36.4 Å². The van der Waals surface area contributed by atoms with Crippen LogP contribution in [-0.2, 0) is 10.8 Å². The number of imide groups is 2. The summed E-state index contributed by atoms with van der Waals surface area (Å²) in [6, 6.07) is 33.7. The fourth-order valence-corrected chi connectivity index (χ4v) is 9.25. The molecule has 1 unspecified atom stereocenters. The zero-order valence-corrected chi connectivity index (χ0v) is 36.6. The Bertz CT molecular complexity index is 2490. The van der Waals surface area contributed by atoms with Crippen LogP contribution >= 0.6 is 0 Å². The highest BCUT2D eigenvalue weighted by atomic mass is 16.5. The van der Waals surface area contributed by atoms with Gasteiger partial charge in [-0.2, -0.15) is 0 Å². The molecule has 0 spiro atoms. The number of ether oxygens (including phenoxy) is 2. The van der Waals surface area contributed by atoms with Gasteiger partial charge in [0.2, 0.25) is 0 Å². The van der Waals surface area contributed by atoms with Crippen LogP contribution in [0.25, 0.3) is 0 Å². The molecule has 0 fully saturated rings. The molecule has 0 bridgehead atoms. The average Bonchev–Trinajstić information content (AvgIpc) is 3.64. The normalized spacial score (nSPS) is 15.1. The summed E-state index contributed by atoms with van der Waals surface area (Å²) in [4.78, 5) is 56.7. The lowest BCUT2D eigenvalue weighted by Gasteiger charge is -2.34. The van der Waals surface area contributed by atoms with Crippen molar-refractivity contribution in [1.82, 2.24) is 4.90 Å². The van der Waals surface area contributed by atoms with Crippen molar-refractivity contribution < 1.29 is 28.7 Å². The maximum absolute atomic E-state index is 13.7. The molecule has 314 valence electrons. The molecule has 8 nitrogen and oxygen atoms in total. The minimum atomic E-state index is -0.706. The Balaban J connectivity index is 1.00. The minimum Gasteiger partial charge on any atom is -0.457 e. The second-order valence-electron chi connectivity index (χ2n) is 17.4. The third kappa shape index (κ3) is 8.04. The fourth-order valence-electron chi connectivity index (χ4n) is 9.25. The second kappa shape index (κ2) is 17.0. The van der Waals surface area contributed by atoms with E-state index in [0.29, 0.717) is 57.4 Å². The summed E-state index contributed by atoms with van der Waals surface area (Å²) in [5.74, 6) is 0.853. The first-order chi connectivity index (χ1) is 29.2. The van der Waals surface area contributed by atoms with Gasteiger partial charge in [-0.1, -0.05) is 109 Å². The largest absolute Gasteiger partial charge is 0.457 e. The molecule has 4 amide bonds. The Labute approximate surface area is 360 Å². The van der Waals surface area contributed by atoms with Gasteiger partial charge in [0, 0.05) is 5.41 Å². The van der Waals surface area contributed by atoms with E-state index in [1.807, 2.05) is 93.6 Å². The third-order valence-corrected chi connectivity index (χ3v) is 12.6. The number of anilines is 1. The molecule has 0 saturated heterocycles. The van der Waals surface area contributed by atoms with Gasteiger partial charge in [-0.05, 0) is 128 Å². The second-order valence-corrected chi connectivity index (χ2v) is 17.4. The number of fused-ring (bicyclic) bond motifs is 2. The molecule has 0 N–H and O–H groups in total. The minimum absolute atomic E-state index is 0.0545. The number of rotatable bonds is 16. The number of allylic oxidation sites excluding steroid dienone is 1. The zero-order chi connectivity index (χ0) is 43.7. The molecule has 0 aliphatic carbocycles. The van der Waals surface area contributed by atoms with E-state index in [9.17, 15) is 19.2 Å². The highest BCUT2D eigenvalue weighted by Gasteiger charge is 2.45. The predicted molar refractivity (Wildman–Crippen MR) is 241 cm³/mol. The highest BCUT2D eigenvalue weighted by Crippen LogP contribution is 2.40. The van der Waals surface area contributed by atoms with Crippen molar-refractivity contribution in [2.75, 3.05) is 4.90 Å². The van der Waals surface area contributed by atoms with Crippen LogP contribution in [0.5, 0.6) is 23.0 Å². The van der Waals surface area contributed by atoms with Crippen molar-refractivity contribution >= 4 is 29.3 Å². The van der Waals surface area contributed by atoms with Crippen molar-refractivity contribution in [1.29, 1.82) is 0 Å². The van der Waals surface area contributed by atoms with E-state index in [0.717, 1.165) is 43.2 Å². The topological polar surface area (TPSA) is 93.2 Å². The van der Waals surface area contributed by atoms with Gasteiger partial charge in [-0.25, -0.2) is 4.90 Å². The van der Waals surface area contributed by atoms with Gasteiger partial charge >= 0.3 is 0 Å². The van der Waals surface area contributed by atoms with Gasteiger partial charge in [-0.3, -0.25) is 24.1 Å². The summed E-state index contributed by atoms with van der Waals surface area (Å²) in [5, 5.41) is 0. The molecule has 7 rings (SSSR count). The van der Waals surface area contributed by atoms with Crippen LogP contribution in [0.15, 0.2) is 121 Å². The lowest BCUT2D eigenvalue weighted by molar-refractivity contribution is 0.0507. The van der Waals surface area contributed by atoms with E-state index in [-0.39, 0.29) is 34.5 Å². The molecule has 61 heavy (non-hydrogen) atoms. The zero-order valence-electron chi connectivity index (χ0n) is 36.6. The highest BCUT2D eigenvalue weighted by molar-refractivity contribution is 6.34. The molecule has 2 aliphatic rings. The maximum Gasteiger partial charge on any atom is 0.266 e. The fraction of sp³-hybridized carbons (Fsp3) is 0.321. The summed E-state index contributed by atoms with van der Waals surface area (Å²) < 4.78 is 12.4. The summed E-state index contributed by atoms with van der Waals surface area (Å²) >= 11 is 0. The van der Waals surface area contributed by atoms with Gasteiger partial charge < -0.3 is 9.47 Å². The summed E-state index contributed by atoms with van der Waals surface area (Å²) in [7, 11) is 0. The number of carbonyl (C=O) groups excluding carboxylic acids is 4. The Hall–Kier alpha value is -6.28. The Kier molecular flexibility index (Phi) is 11.9. The van der Waals surface area contributed by atoms with Gasteiger partial charge in [-0.15, -0.1) is 0 Å². The van der Waals surface area contributed by atoms with Crippen molar-refractivity contribution in [3.05, 3.63) is 160 Å². The van der Waals surface area contributed by atoms with Gasteiger partial charge in [0.1, 0.15) is 23.0 Å².